The third kappa shape index (κ3) is 9.52. The van der Waals surface area contributed by atoms with Gasteiger partial charge >= 0.3 is 5.97 Å². The SMILES string of the molecule is CCC/C=C/C=C/C=C(\C)C1OCC(C)C(OC)C1OC(=O)CNCCC(C)=O. The highest BCUT2D eigenvalue weighted by molar-refractivity contribution is 5.76. The molecule has 0 aromatic carbocycles. The number of hydrogen-bond acceptors (Lipinski definition) is 6. The Balaban J connectivity index is 2.77. The smallest absolute Gasteiger partial charge is 0.320 e. The van der Waals surface area contributed by atoms with Crippen molar-refractivity contribution in [2.45, 2.75) is 65.3 Å². The number of carbonyl (C=O) groups is 2. The fraction of sp³-hybridized carbons (Fsp3) is 0.652. The number of hydrogen-bond donors (Lipinski definition) is 1. The van der Waals surface area contributed by atoms with Crippen LogP contribution in [-0.2, 0) is 23.8 Å². The van der Waals surface area contributed by atoms with Gasteiger partial charge in [0, 0.05) is 26.0 Å². The van der Waals surface area contributed by atoms with Gasteiger partial charge in [-0.05, 0) is 25.8 Å². The Bertz CT molecular complexity index is 596. The first-order chi connectivity index (χ1) is 13.9. The van der Waals surface area contributed by atoms with Crippen LogP contribution in [0.3, 0.4) is 0 Å². The monoisotopic (exact) mass is 407 g/mol. The van der Waals surface area contributed by atoms with E-state index in [2.05, 4.69) is 18.3 Å². The van der Waals surface area contributed by atoms with Crippen LogP contribution in [0.25, 0.3) is 0 Å². The van der Waals surface area contributed by atoms with Gasteiger partial charge in [0.2, 0.25) is 0 Å². The van der Waals surface area contributed by atoms with Crippen LogP contribution in [0.4, 0.5) is 0 Å². The second-order valence-electron chi connectivity index (χ2n) is 7.53. The number of rotatable bonds is 12. The van der Waals surface area contributed by atoms with Crippen LogP contribution in [0, 0.1) is 5.92 Å². The summed E-state index contributed by atoms with van der Waals surface area (Å²) in [6, 6.07) is 0. The Hall–Kier alpha value is -1.76. The lowest BCUT2D eigenvalue weighted by Gasteiger charge is -2.40. The normalized spacial score (nSPS) is 25.6. The van der Waals surface area contributed by atoms with E-state index in [1.165, 1.54) is 6.92 Å². The molecule has 1 heterocycles. The fourth-order valence-corrected chi connectivity index (χ4v) is 3.18. The lowest BCUT2D eigenvalue weighted by atomic mass is 9.90. The standard InChI is InChI=1S/C23H37NO5/c1-6-7-8-9-10-11-12-17(2)22-23(21(27-5)18(3)16-28-22)29-20(26)15-24-14-13-19(4)25/h8-12,18,21-24H,6-7,13-16H2,1-5H3/b9-8+,11-10+,17-12+. The number of ether oxygens (including phenoxy) is 3. The van der Waals surface area contributed by atoms with E-state index in [4.69, 9.17) is 14.2 Å². The largest absolute Gasteiger partial charge is 0.455 e. The van der Waals surface area contributed by atoms with Crippen LogP contribution < -0.4 is 5.32 Å². The number of allylic oxidation sites excluding steroid dienone is 5. The molecule has 1 N–H and O–H groups in total. The third-order valence-corrected chi connectivity index (χ3v) is 4.81. The molecular weight excluding hydrogens is 370 g/mol. The van der Waals surface area contributed by atoms with Crippen molar-refractivity contribution in [3.63, 3.8) is 0 Å². The van der Waals surface area contributed by atoms with E-state index >= 15 is 0 Å². The molecule has 164 valence electrons. The van der Waals surface area contributed by atoms with E-state index in [1.807, 2.05) is 38.2 Å². The molecular formula is C23H37NO5. The molecule has 4 unspecified atom stereocenters. The molecule has 0 spiro atoms. The Morgan fingerprint density at radius 1 is 1.17 bits per heavy atom. The van der Waals surface area contributed by atoms with Gasteiger partial charge in [-0.2, -0.15) is 0 Å². The van der Waals surface area contributed by atoms with Crippen LogP contribution in [0.5, 0.6) is 0 Å². The summed E-state index contributed by atoms with van der Waals surface area (Å²) in [6.07, 6.45) is 11.5. The minimum atomic E-state index is -0.522. The van der Waals surface area contributed by atoms with E-state index in [-0.39, 0.29) is 36.4 Å². The molecule has 0 aromatic heterocycles. The van der Waals surface area contributed by atoms with Crippen molar-refractivity contribution in [3.8, 4) is 0 Å². The summed E-state index contributed by atoms with van der Waals surface area (Å²) in [5.41, 5.74) is 0.974. The molecule has 4 atom stereocenters. The molecule has 0 amide bonds. The molecule has 6 nitrogen and oxygen atoms in total. The quantitative estimate of drug-likeness (QED) is 0.304. The first-order valence-corrected chi connectivity index (χ1v) is 10.4. The minimum Gasteiger partial charge on any atom is -0.455 e. The maximum atomic E-state index is 12.3. The number of unbranched alkanes of at least 4 members (excludes halogenated alkanes) is 1. The molecule has 1 aliphatic rings. The van der Waals surface area contributed by atoms with E-state index in [0.29, 0.717) is 19.6 Å². The Morgan fingerprint density at radius 3 is 2.59 bits per heavy atom. The molecule has 0 bridgehead atoms. The zero-order chi connectivity index (χ0) is 21.6. The van der Waals surface area contributed by atoms with E-state index < -0.39 is 6.10 Å². The molecule has 0 saturated carbocycles. The Morgan fingerprint density at radius 2 is 1.93 bits per heavy atom. The van der Waals surface area contributed by atoms with Gasteiger partial charge in [-0.15, -0.1) is 0 Å². The third-order valence-electron chi connectivity index (χ3n) is 4.81. The Kier molecular flexibility index (Phi) is 12.4. The van der Waals surface area contributed by atoms with Gasteiger partial charge in [0.1, 0.15) is 18.0 Å². The van der Waals surface area contributed by atoms with Gasteiger partial charge in [-0.3, -0.25) is 9.59 Å². The van der Waals surface area contributed by atoms with Gasteiger partial charge in [0.25, 0.3) is 0 Å². The summed E-state index contributed by atoms with van der Waals surface area (Å²) in [5.74, 6) is -0.188. The number of ketones is 1. The first-order valence-electron chi connectivity index (χ1n) is 10.4. The molecule has 1 saturated heterocycles. The van der Waals surface area contributed by atoms with Gasteiger partial charge in [-0.25, -0.2) is 0 Å². The van der Waals surface area contributed by atoms with Gasteiger partial charge in [0.05, 0.1) is 13.2 Å². The zero-order valence-corrected chi connectivity index (χ0v) is 18.5. The summed E-state index contributed by atoms with van der Waals surface area (Å²) >= 11 is 0. The van der Waals surface area contributed by atoms with Gasteiger partial charge in [0.15, 0.2) is 6.10 Å². The zero-order valence-electron chi connectivity index (χ0n) is 18.5. The van der Waals surface area contributed by atoms with Crippen LogP contribution in [0.15, 0.2) is 36.0 Å². The fourth-order valence-electron chi connectivity index (χ4n) is 3.18. The van der Waals surface area contributed by atoms with Crippen molar-refractivity contribution >= 4 is 11.8 Å². The lowest BCUT2D eigenvalue weighted by molar-refractivity contribution is -0.191. The highest BCUT2D eigenvalue weighted by Crippen LogP contribution is 2.29. The predicted octanol–water partition coefficient (Wildman–Crippen LogP) is 3.38. The predicted molar refractivity (Wildman–Crippen MR) is 115 cm³/mol. The number of Topliss-reactive ketones (excluding diaryl/α,β-unsaturated/α-hetero) is 1. The second-order valence-corrected chi connectivity index (χ2v) is 7.53. The maximum Gasteiger partial charge on any atom is 0.320 e. The van der Waals surface area contributed by atoms with Crippen molar-refractivity contribution in [1.29, 1.82) is 0 Å². The number of carbonyl (C=O) groups excluding carboxylic acids is 2. The Labute approximate surface area is 175 Å². The average molecular weight is 408 g/mol. The van der Waals surface area contributed by atoms with E-state index in [9.17, 15) is 9.59 Å². The maximum absolute atomic E-state index is 12.3. The van der Waals surface area contributed by atoms with Crippen LogP contribution in [-0.4, -0.2) is 56.9 Å². The lowest BCUT2D eigenvalue weighted by Crippen LogP contribution is -2.53. The molecule has 29 heavy (non-hydrogen) atoms. The minimum absolute atomic E-state index is 0.0478. The van der Waals surface area contributed by atoms with Crippen molar-refractivity contribution in [3.05, 3.63) is 36.0 Å². The highest BCUT2D eigenvalue weighted by Gasteiger charge is 2.42. The summed E-state index contributed by atoms with van der Waals surface area (Å²) in [6.45, 7) is 8.71. The first kappa shape index (κ1) is 25.3. The van der Waals surface area contributed by atoms with Gasteiger partial charge < -0.3 is 19.5 Å². The van der Waals surface area contributed by atoms with Crippen molar-refractivity contribution in [1.82, 2.24) is 5.32 Å². The summed E-state index contributed by atoms with van der Waals surface area (Å²) in [5, 5.41) is 2.94. The summed E-state index contributed by atoms with van der Waals surface area (Å²) < 4.78 is 17.4. The van der Waals surface area contributed by atoms with Crippen LogP contribution >= 0.6 is 0 Å². The average Bonchev–Trinajstić information content (AvgIpc) is 2.68. The number of esters is 1. The second kappa shape index (κ2) is 14.3. The molecule has 1 rings (SSSR count). The van der Waals surface area contributed by atoms with Crippen molar-refractivity contribution in [2.24, 2.45) is 5.92 Å². The van der Waals surface area contributed by atoms with Crippen LogP contribution in [0.1, 0.15) is 47.0 Å². The number of nitrogens with one attached hydrogen (secondary N) is 1. The number of methoxy groups -OCH3 is 1. The van der Waals surface area contributed by atoms with E-state index in [0.717, 1.165) is 18.4 Å². The highest BCUT2D eigenvalue weighted by atomic mass is 16.6. The molecule has 1 aliphatic heterocycles. The molecule has 6 heteroatoms. The van der Waals surface area contributed by atoms with Crippen molar-refractivity contribution < 1.29 is 23.8 Å². The van der Waals surface area contributed by atoms with Crippen LogP contribution in [0.2, 0.25) is 0 Å². The van der Waals surface area contributed by atoms with E-state index in [1.54, 1.807) is 7.11 Å². The molecule has 0 aromatic rings. The van der Waals surface area contributed by atoms with Crippen molar-refractivity contribution in [2.75, 3.05) is 26.8 Å². The summed E-state index contributed by atoms with van der Waals surface area (Å²) in [7, 11) is 1.63. The summed E-state index contributed by atoms with van der Waals surface area (Å²) in [4.78, 5) is 23.3. The topological polar surface area (TPSA) is 73.9 Å². The molecule has 1 fully saturated rings. The molecule has 0 aliphatic carbocycles. The van der Waals surface area contributed by atoms with Gasteiger partial charge in [-0.1, -0.05) is 50.6 Å². The molecule has 0 radical (unpaired) electrons.